The third-order valence-electron chi connectivity index (χ3n) is 6.44. The van der Waals surface area contributed by atoms with Crippen molar-refractivity contribution in [3.8, 4) is 0 Å². The highest BCUT2D eigenvalue weighted by atomic mass is 16.2. The summed E-state index contributed by atoms with van der Waals surface area (Å²) in [5.41, 5.74) is 4.48. The molecule has 2 amide bonds. The summed E-state index contributed by atoms with van der Waals surface area (Å²) < 4.78 is 1.96. The molecule has 156 valence electrons. The average Bonchev–Trinajstić information content (AvgIpc) is 3.13. The molecule has 7 nitrogen and oxygen atoms in total. The first-order valence-electron chi connectivity index (χ1n) is 10.7. The molecule has 0 radical (unpaired) electrons. The summed E-state index contributed by atoms with van der Waals surface area (Å²) in [6.45, 7) is 1.79. The minimum absolute atomic E-state index is 0.0699. The highest BCUT2D eigenvalue weighted by Gasteiger charge is 2.33. The number of aromatic nitrogens is 3. The number of hydrogen-bond donors (Lipinski definition) is 1. The number of piperidine rings is 1. The van der Waals surface area contributed by atoms with Gasteiger partial charge in [-0.05, 0) is 75.7 Å². The molecule has 1 aliphatic heterocycles. The lowest BCUT2D eigenvalue weighted by molar-refractivity contribution is 0.0960. The highest BCUT2D eigenvalue weighted by Crippen LogP contribution is 2.35. The molecule has 3 heterocycles. The van der Waals surface area contributed by atoms with Gasteiger partial charge in [-0.15, -0.1) is 0 Å². The van der Waals surface area contributed by atoms with E-state index in [0.717, 1.165) is 37.9 Å². The number of carbonyl (C=O) groups excluding carboxylic acids is 1. The highest BCUT2D eigenvalue weighted by molar-refractivity contribution is 5.89. The number of anilines is 1. The van der Waals surface area contributed by atoms with Gasteiger partial charge in [0.2, 0.25) is 0 Å². The Labute approximate surface area is 173 Å². The molecule has 2 aromatic heterocycles. The number of urea groups is 1. The van der Waals surface area contributed by atoms with Crippen LogP contribution < -0.4 is 5.32 Å². The van der Waals surface area contributed by atoms with Crippen molar-refractivity contribution in [3.63, 3.8) is 0 Å². The Morgan fingerprint density at radius 3 is 2.90 bits per heavy atom. The van der Waals surface area contributed by atoms with Crippen molar-refractivity contribution in [1.82, 2.24) is 24.6 Å². The molecule has 1 aliphatic carbocycles. The molecule has 1 fully saturated rings. The fourth-order valence-electron chi connectivity index (χ4n) is 4.90. The largest absolute Gasteiger partial charge is 0.327 e. The van der Waals surface area contributed by atoms with Gasteiger partial charge in [0, 0.05) is 32.5 Å². The second-order valence-electron chi connectivity index (χ2n) is 8.56. The van der Waals surface area contributed by atoms with Crippen LogP contribution in [0.5, 0.6) is 0 Å². The molecule has 1 saturated heterocycles. The van der Waals surface area contributed by atoms with Crippen molar-refractivity contribution < 1.29 is 4.79 Å². The topological polar surface area (TPSA) is 66.3 Å². The molecule has 2 aliphatic rings. The second kappa shape index (κ2) is 8.53. The van der Waals surface area contributed by atoms with Gasteiger partial charge in [0.15, 0.2) is 0 Å². The van der Waals surface area contributed by atoms with Gasteiger partial charge >= 0.3 is 6.03 Å². The first-order valence-corrected chi connectivity index (χ1v) is 10.7. The molecule has 0 saturated carbocycles. The zero-order chi connectivity index (χ0) is 20.4. The number of likely N-dealkylation sites (tertiary alicyclic amines) is 1. The van der Waals surface area contributed by atoms with Crippen LogP contribution in [0.2, 0.25) is 0 Å². The Bertz CT molecular complexity index is 863. The maximum absolute atomic E-state index is 12.9. The number of fused-ring (bicyclic) bond motifs is 1. The van der Waals surface area contributed by atoms with E-state index in [0.29, 0.717) is 12.5 Å². The first-order chi connectivity index (χ1) is 14.0. The van der Waals surface area contributed by atoms with E-state index in [1.54, 1.807) is 6.20 Å². The fourth-order valence-corrected chi connectivity index (χ4v) is 4.90. The quantitative estimate of drug-likeness (QED) is 0.862. The molecule has 1 N–H and O–H groups in total. The van der Waals surface area contributed by atoms with E-state index in [4.69, 9.17) is 0 Å². The van der Waals surface area contributed by atoms with Crippen molar-refractivity contribution in [1.29, 1.82) is 0 Å². The summed E-state index contributed by atoms with van der Waals surface area (Å²) in [4.78, 5) is 21.6. The normalized spacial score (nSPS) is 22.2. The molecular formula is C22H32N6O. The second-order valence-corrected chi connectivity index (χ2v) is 8.56. The summed E-state index contributed by atoms with van der Waals surface area (Å²) >= 11 is 0. The van der Waals surface area contributed by atoms with Crippen LogP contribution in [-0.2, 0) is 19.9 Å². The molecule has 2 atom stereocenters. The van der Waals surface area contributed by atoms with Crippen LogP contribution in [0.25, 0.3) is 0 Å². The molecule has 2 aromatic rings. The van der Waals surface area contributed by atoms with Crippen molar-refractivity contribution in [2.75, 3.05) is 32.5 Å². The van der Waals surface area contributed by atoms with Crippen molar-refractivity contribution >= 4 is 11.7 Å². The van der Waals surface area contributed by atoms with Crippen LogP contribution in [0.1, 0.15) is 48.7 Å². The monoisotopic (exact) mass is 396 g/mol. The van der Waals surface area contributed by atoms with Gasteiger partial charge in [-0.1, -0.05) is 0 Å². The molecule has 0 unspecified atom stereocenters. The Kier molecular flexibility index (Phi) is 5.85. The van der Waals surface area contributed by atoms with Crippen LogP contribution >= 0.6 is 0 Å². The van der Waals surface area contributed by atoms with Gasteiger partial charge < -0.3 is 10.2 Å². The standard InChI is InChI=1S/C22H32N6O/c1-26-12-6-8-17(21(26)20-10-11-24-28(20)3)15-27(2)22(29)25-18-13-16-7-4-5-9-19(16)23-14-18/h10-11,13-14,17,21H,4-9,12,15H2,1-3H3,(H,25,29)/t17-,21+/m0/s1. The van der Waals surface area contributed by atoms with Crippen LogP contribution in [0.3, 0.4) is 0 Å². The Morgan fingerprint density at radius 2 is 2.10 bits per heavy atom. The van der Waals surface area contributed by atoms with Gasteiger partial charge in [-0.25, -0.2) is 4.79 Å². The summed E-state index contributed by atoms with van der Waals surface area (Å²) in [7, 11) is 6.05. The van der Waals surface area contributed by atoms with Crippen molar-refractivity contribution in [2.45, 2.75) is 44.6 Å². The number of amides is 2. The van der Waals surface area contributed by atoms with Crippen molar-refractivity contribution in [2.24, 2.45) is 13.0 Å². The van der Waals surface area contributed by atoms with E-state index < -0.39 is 0 Å². The minimum Gasteiger partial charge on any atom is -0.327 e. The molecular weight excluding hydrogens is 364 g/mol. The van der Waals surface area contributed by atoms with E-state index >= 15 is 0 Å². The number of hydrogen-bond acceptors (Lipinski definition) is 4. The smallest absolute Gasteiger partial charge is 0.321 e. The lowest BCUT2D eigenvalue weighted by atomic mass is 9.87. The summed E-state index contributed by atoms with van der Waals surface area (Å²) in [5, 5.41) is 7.40. The maximum atomic E-state index is 12.9. The molecule has 0 aromatic carbocycles. The summed E-state index contributed by atoms with van der Waals surface area (Å²) in [6.07, 6.45) is 10.4. The van der Waals surface area contributed by atoms with E-state index in [-0.39, 0.29) is 12.1 Å². The number of nitrogens with zero attached hydrogens (tertiary/aromatic N) is 5. The number of carbonyl (C=O) groups is 1. The molecule has 29 heavy (non-hydrogen) atoms. The zero-order valence-corrected chi connectivity index (χ0v) is 17.8. The lowest BCUT2D eigenvalue weighted by Crippen LogP contribution is -2.44. The summed E-state index contributed by atoms with van der Waals surface area (Å²) in [6, 6.07) is 4.40. The Morgan fingerprint density at radius 1 is 1.28 bits per heavy atom. The zero-order valence-electron chi connectivity index (χ0n) is 17.8. The SMILES string of the molecule is CN(C[C@@H]1CCCN(C)[C@H]1c1ccnn1C)C(=O)Nc1cnc2c(c1)CCCC2. The van der Waals surface area contributed by atoms with Gasteiger partial charge in [-0.3, -0.25) is 14.6 Å². The molecule has 0 bridgehead atoms. The van der Waals surface area contributed by atoms with Crippen LogP contribution in [0.15, 0.2) is 24.5 Å². The van der Waals surface area contributed by atoms with Crippen LogP contribution in [0.4, 0.5) is 10.5 Å². The predicted octanol–water partition coefficient (Wildman–Crippen LogP) is 3.24. The van der Waals surface area contributed by atoms with E-state index in [2.05, 4.69) is 39.5 Å². The van der Waals surface area contributed by atoms with Gasteiger partial charge in [-0.2, -0.15) is 5.10 Å². The number of nitrogens with one attached hydrogen (secondary N) is 1. The van der Waals surface area contributed by atoms with Gasteiger partial charge in [0.1, 0.15) is 0 Å². The number of rotatable bonds is 4. The van der Waals surface area contributed by atoms with Gasteiger partial charge in [0.25, 0.3) is 0 Å². The molecule has 4 rings (SSSR count). The lowest BCUT2D eigenvalue weighted by Gasteiger charge is -2.40. The third kappa shape index (κ3) is 4.29. The van der Waals surface area contributed by atoms with Crippen LogP contribution in [0, 0.1) is 5.92 Å². The average molecular weight is 397 g/mol. The first kappa shape index (κ1) is 19.9. The maximum Gasteiger partial charge on any atom is 0.321 e. The number of aryl methyl sites for hydroxylation is 3. The van der Waals surface area contributed by atoms with E-state index in [1.165, 1.54) is 29.8 Å². The Balaban J connectivity index is 1.43. The van der Waals surface area contributed by atoms with E-state index in [1.807, 2.05) is 29.9 Å². The predicted molar refractivity (Wildman–Crippen MR) is 114 cm³/mol. The molecule has 0 spiro atoms. The third-order valence-corrected chi connectivity index (χ3v) is 6.44. The Hall–Kier alpha value is -2.41. The van der Waals surface area contributed by atoms with Gasteiger partial charge in [0.05, 0.1) is 23.6 Å². The molecule has 7 heteroatoms. The minimum atomic E-state index is -0.0699. The fraction of sp³-hybridized carbons (Fsp3) is 0.591. The van der Waals surface area contributed by atoms with Crippen LogP contribution in [-0.4, -0.2) is 57.8 Å². The van der Waals surface area contributed by atoms with E-state index in [9.17, 15) is 4.79 Å². The van der Waals surface area contributed by atoms with Crippen molar-refractivity contribution in [3.05, 3.63) is 41.5 Å². The number of pyridine rings is 1. The summed E-state index contributed by atoms with van der Waals surface area (Å²) in [5.74, 6) is 0.376.